The van der Waals surface area contributed by atoms with Gasteiger partial charge in [0.15, 0.2) is 11.8 Å². The van der Waals surface area contributed by atoms with Crippen LogP contribution < -0.4 is 5.32 Å². The number of likely N-dealkylation sites (tertiary alicyclic amines) is 1. The predicted molar refractivity (Wildman–Crippen MR) is 123 cm³/mol. The molecule has 0 radical (unpaired) electrons. The fourth-order valence-electron chi connectivity index (χ4n) is 4.43. The van der Waals surface area contributed by atoms with Crippen LogP contribution >= 0.6 is 24.0 Å². The Morgan fingerprint density at radius 3 is 2.57 bits per heavy atom. The van der Waals surface area contributed by atoms with Crippen LogP contribution in [0.5, 0.6) is 0 Å². The summed E-state index contributed by atoms with van der Waals surface area (Å²) in [7, 11) is 2.01. The number of aromatic nitrogens is 3. The summed E-state index contributed by atoms with van der Waals surface area (Å²) in [6.07, 6.45) is 6.81. The zero-order chi connectivity index (χ0) is 18.7. The standard InChI is InChI=1S/C21H30N6.HI/c1-17-24-25-19(26(17)2)15-23-20(22-14-18-8-4-3-5-9-18)27-13-12-21(16-27)10-6-7-11-21;/h3-5,8-9H,6-7,10-16H2,1-2H3,(H,22,23);1H. The lowest BCUT2D eigenvalue weighted by atomic mass is 9.86. The molecule has 1 aromatic heterocycles. The second kappa shape index (κ2) is 9.24. The topological polar surface area (TPSA) is 58.3 Å². The van der Waals surface area contributed by atoms with E-state index in [9.17, 15) is 0 Å². The summed E-state index contributed by atoms with van der Waals surface area (Å²) >= 11 is 0. The van der Waals surface area contributed by atoms with E-state index in [4.69, 9.17) is 4.99 Å². The highest BCUT2D eigenvalue weighted by atomic mass is 127. The highest BCUT2D eigenvalue weighted by molar-refractivity contribution is 14.0. The van der Waals surface area contributed by atoms with E-state index in [2.05, 4.69) is 44.7 Å². The Kier molecular flexibility index (Phi) is 6.95. The number of guanidine groups is 1. The summed E-state index contributed by atoms with van der Waals surface area (Å²) in [6.45, 7) is 5.55. The van der Waals surface area contributed by atoms with Gasteiger partial charge in [-0.3, -0.25) is 0 Å². The summed E-state index contributed by atoms with van der Waals surface area (Å²) < 4.78 is 2.03. The number of halogens is 1. The van der Waals surface area contributed by atoms with Crippen LogP contribution in [0.4, 0.5) is 0 Å². The molecular weight excluding hydrogens is 463 g/mol. The van der Waals surface area contributed by atoms with Crippen molar-refractivity contribution in [1.82, 2.24) is 25.0 Å². The fourth-order valence-corrected chi connectivity index (χ4v) is 4.43. The SMILES string of the molecule is Cc1nnc(CNC(=NCc2ccccc2)N2CCC3(CCCC3)C2)n1C.I. The summed E-state index contributed by atoms with van der Waals surface area (Å²) in [4.78, 5) is 7.41. The normalized spacial score (nSPS) is 18.5. The lowest BCUT2D eigenvalue weighted by Gasteiger charge is -2.26. The minimum atomic E-state index is 0. The summed E-state index contributed by atoms with van der Waals surface area (Å²) in [5.41, 5.74) is 1.76. The molecule has 1 saturated heterocycles. The molecule has 1 spiro atoms. The highest BCUT2D eigenvalue weighted by Crippen LogP contribution is 2.45. The Bertz CT molecular complexity index is 794. The van der Waals surface area contributed by atoms with Gasteiger partial charge < -0.3 is 14.8 Å². The zero-order valence-electron chi connectivity index (χ0n) is 16.9. The maximum absolute atomic E-state index is 4.96. The third-order valence-corrected chi connectivity index (χ3v) is 6.24. The first-order valence-electron chi connectivity index (χ1n) is 10.1. The van der Waals surface area contributed by atoms with Crippen LogP contribution in [0.15, 0.2) is 35.3 Å². The van der Waals surface area contributed by atoms with E-state index in [1.807, 2.05) is 24.6 Å². The molecule has 1 aliphatic carbocycles. The van der Waals surface area contributed by atoms with Gasteiger partial charge in [0.2, 0.25) is 0 Å². The monoisotopic (exact) mass is 494 g/mol. The van der Waals surface area contributed by atoms with Gasteiger partial charge in [-0.15, -0.1) is 34.2 Å². The summed E-state index contributed by atoms with van der Waals surface area (Å²) in [5, 5.41) is 12.0. The van der Waals surface area contributed by atoms with Crippen LogP contribution in [0, 0.1) is 12.3 Å². The number of nitrogens with zero attached hydrogens (tertiary/aromatic N) is 5. The molecule has 1 saturated carbocycles. The van der Waals surface area contributed by atoms with E-state index >= 15 is 0 Å². The molecule has 7 heteroatoms. The van der Waals surface area contributed by atoms with Crippen molar-refractivity contribution >= 4 is 29.9 Å². The van der Waals surface area contributed by atoms with E-state index in [1.54, 1.807) is 0 Å². The van der Waals surface area contributed by atoms with Crippen molar-refractivity contribution in [3.8, 4) is 0 Å². The molecule has 0 atom stereocenters. The Balaban J connectivity index is 0.00000225. The Morgan fingerprint density at radius 2 is 1.89 bits per heavy atom. The molecule has 0 bridgehead atoms. The molecule has 1 aromatic carbocycles. The van der Waals surface area contributed by atoms with Crippen LogP contribution in [-0.2, 0) is 20.1 Å². The zero-order valence-corrected chi connectivity index (χ0v) is 19.2. The van der Waals surface area contributed by atoms with Crippen molar-refractivity contribution in [1.29, 1.82) is 0 Å². The van der Waals surface area contributed by atoms with Crippen molar-refractivity contribution in [2.24, 2.45) is 17.5 Å². The van der Waals surface area contributed by atoms with Crippen LogP contribution in [-0.4, -0.2) is 38.7 Å². The van der Waals surface area contributed by atoms with Crippen molar-refractivity contribution in [3.05, 3.63) is 47.5 Å². The van der Waals surface area contributed by atoms with Crippen molar-refractivity contribution in [2.75, 3.05) is 13.1 Å². The summed E-state index contributed by atoms with van der Waals surface area (Å²) in [6, 6.07) is 10.5. The number of aliphatic imine (C=N–C) groups is 1. The lowest BCUT2D eigenvalue weighted by molar-refractivity contribution is 0.309. The number of hydrogen-bond donors (Lipinski definition) is 1. The maximum Gasteiger partial charge on any atom is 0.194 e. The molecule has 1 N–H and O–H groups in total. The Hall–Kier alpha value is -1.64. The molecule has 2 aromatic rings. The first-order valence-corrected chi connectivity index (χ1v) is 10.1. The van der Waals surface area contributed by atoms with Gasteiger partial charge in [-0.25, -0.2) is 4.99 Å². The number of rotatable bonds is 4. The minimum absolute atomic E-state index is 0. The second-order valence-electron chi connectivity index (χ2n) is 8.08. The predicted octanol–water partition coefficient (Wildman–Crippen LogP) is 3.65. The second-order valence-corrected chi connectivity index (χ2v) is 8.08. The largest absolute Gasteiger partial charge is 0.349 e. The highest BCUT2D eigenvalue weighted by Gasteiger charge is 2.41. The van der Waals surface area contributed by atoms with E-state index in [0.29, 0.717) is 18.5 Å². The number of aryl methyl sites for hydroxylation is 1. The molecular formula is C21H31IN6. The van der Waals surface area contributed by atoms with Gasteiger partial charge in [-0.2, -0.15) is 0 Å². The number of nitrogens with one attached hydrogen (secondary N) is 1. The molecule has 0 unspecified atom stereocenters. The first kappa shape index (κ1) is 21.1. The third-order valence-electron chi connectivity index (χ3n) is 6.24. The molecule has 2 aliphatic rings. The van der Waals surface area contributed by atoms with Crippen LogP contribution in [0.25, 0.3) is 0 Å². The van der Waals surface area contributed by atoms with Gasteiger partial charge >= 0.3 is 0 Å². The number of hydrogen-bond acceptors (Lipinski definition) is 3. The smallest absolute Gasteiger partial charge is 0.194 e. The Labute approximate surface area is 184 Å². The molecule has 28 heavy (non-hydrogen) atoms. The molecule has 2 fully saturated rings. The van der Waals surface area contributed by atoms with Crippen LogP contribution in [0.1, 0.15) is 49.3 Å². The van der Waals surface area contributed by atoms with Crippen molar-refractivity contribution in [2.45, 2.75) is 52.1 Å². The van der Waals surface area contributed by atoms with Gasteiger partial charge in [0, 0.05) is 20.1 Å². The van der Waals surface area contributed by atoms with Gasteiger partial charge in [0.1, 0.15) is 5.82 Å². The molecule has 2 heterocycles. The van der Waals surface area contributed by atoms with Crippen LogP contribution in [0.3, 0.4) is 0 Å². The number of benzene rings is 1. The summed E-state index contributed by atoms with van der Waals surface area (Å²) in [5.74, 6) is 2.87. The average Bonchev–Trinajstić information content (AvgIpc) is 3.41. The van der Waals surface area contributed by atoms with Gasteiger partial charge in [-0.05, 0) is 37.2 Å². The van der Waals surface area contributed by atoms with Crippen molar-refractivity contribution in [3.63, 3.8) is 0 Å². The minimum Gasteiger partial charge on any atom is -0.349 e. The lowest BCUT2D eigenvalue weighted by Crippen LogP contribution is -2.41. The van der Waals surface area contributed by atoms with Crippen molar-refractivity contribution < 1.29 is 0 Å². The van der Waals surface area contributed by atoms with E-state index < -0.39 is 0 Å². The molecule has 6 nitrogen and oxygen atoms in total. The van der Waals surface area contributed by atoms with E-state index in [0.717, 1.165) is 30.7 Å². The van der Waals surface area contributed by atoms with E-state index in [-0.39, 0.29) is 24.0 Å². The van der Waals surface area contributed by atoms with E-state index in [1.165, 1.54) is 37.7 Å². The Morgan fingerprint density at radius 1 is 1.14 bits per heavy atom. The maximum atomic E-state index is 4.96. The molecule has 152 valence electrons. The molecule has 0 amide bonds. The average molecular weight is 494 g/mol. The van der Waals surface area contributed by atoms with Gasteiger partial charge in [0.05, 0.1) is 13.1 Å². The molecule has 4 rings (SSSR count). The van der Waals surface area contributed by atoms with Gasteiger partial charge in [0.25, 0.3) is 0 Å². The van der Waals surface area contributed by atoms with Gasteiger partial charge in [-0.1, -0.05) is 43.2 Å². The van der Waals surface area contributed by atoms with Crippen LogP contribution in [0.2, 0.25) is 0 Å². The third kappa shape index (κ3) is 4.67. The molecule has 1 aliphatic heterocycles. The first-order chi connectivity index (χ1) is 13.2. The fraction of sp³-hybridized carbons (Fsp3) is 0.571. The quantitative estimate of drug-likeness (QED) is 0.401.